The van der Waals surface area contributed by atoms with E-state index in [1.165, 1.54) is 7.11 Å². The van der Waals surface area contributed by atoms with Crippen molar-refractivity contribution in [2.45, 2.75) is 13.8 Å². The molecule has 0 spiro atoms. The molecule has 0 bridgehead atoms. The molecule has 0 heterocycles. The molecular formula is C9H10BrClO2. The van der Waals surface area contributed by atoms with Crippen LogP contribution in [0, 0.1) is 13.8 Å². The summed E-state index contributed by atoms with van der Waals surface area (Å²) in [6, 6.07) is 0. The average Bonchev–Trinajstić information content (AvgIpc) is 2.13. The van der Waals surface area contributed by atoms with Gasteiger partial charge in [0.15, 0.2) is 11.5 Å². The van der Waals surface area contributed by atoms with E-state index < -0.39 is 0 Å². The first-order valence-corrected chi connectivity index (χ1v) is 4.88. The molecule has 0 saturated carbocycles. The first kappa shape index (κ1) is 10.7. The largest absolute Gasteiger partial charge is 0.503 e. The molecule has 0 aromatic heterocycles. The summed E-state index contributed by atoms with van der Waals surface area (Å²) in [5.74, 6) is 0.368. The number of methoxy groups -OCH3 is 1. The van der Waals surface area contributed by atoms with Crippen LogP contribution in [0.4, 0.5) is 0 Å². The summed E-state index contributed by atoms with van der Waals surface area (Å²) in [4.78, 5) is 0. The molecule has 13 heavy (non-hydrogen) atoms. The summed E-state index contributed by atoms with van der Waals surface area (Å²) >= 11 is 9.24. The number of benzene rings is 1. The van der Waals surface area contributed by atoms with Gasteiger partial charge in [-0.2, -0.15) is 0 Å². The molecule has 0 aliphatic carbocycles. The number of phenolic OH excluding ortho intramolecular Hbond substituents is 1. The third-order valence-electron chi connectivity index (χ3n) is 2.05. The summed E-state index contributed by atoms with van der Waals surface area (Å²) in [5, 5.41) is 10.1. The lowest BCUT2D eigenvalue weighted by Crippen LogP contribution is -1.92. The van der Waals surface area contributed by atoms with E-state index in [0.717, 1.165) is 11.1 Å². The molecule has 0 radical (unpaired) electrons. The molecule has 0 aliphatic rings. The van der Waals surface area contributed by atoms with Crippen molar-refractivity contribution < 1.29 is 9.84 Å². The van der Waals surface area contributed by atoms with Gasteiger partial charge in [0.2, 0.25) is 0 Å². The number of rotatable bonds is 1. The number of phenols is 1. The summed E-state index contributed by atoms with van der Waals surface area (Å²) in [5.41, 5.74) is 1.83. The standard InChI is InChI=1S/C9H10BrClO2/c1-4-5(2)7(11)9(13-3)8(12)6(4)10/h12H,1-3H3. The highest BCUT2D eigenvalue weighted by molar-refractivity contribution is 9.10. The molecule has 0 unspecified atom stereocenters. The number of ether oxygens (including phenoxy) is 1. The molecule has 0 amide bonds. The Morgan fingerprint density at radius 2 is 1.85 bits per heavy atom. The summed E-state index contributed by atoms with van der Waals surface area (Å²) in [6.07, 6.45) is 0. The molecule has 0 aliphatic heterocycles. The van der Waals surface area contributed by atoms with Crippen LogP contribution in [0.2, 0.25) is 5.02 Å². The van der Waals surface area contributed by atoms with Gasteiger partial charge in [0.25, 0.3) is 0 Å². The lowest BCUT2D eigenvalue weighted by Gasteiger charge is -2.12. The minimum atomic E-state index is 0.0515. The molecular weight excluding hydrogens is 255 g/mol. The lowest BCUT2D eigenvalue weighted by molar-refractivity contribution is 0.371. The van der Waals surface area contributed by atoms with Gasteiger partial charge in [-0.3, -0.25) is 0 Å². The van der Waals surface area contributed by atoms with Gasteiger partial charge in [0.1, 0.15) is 0 Å². The molecule has 0 atom stereocenters. The average molecular weight is 266 g/mol. The van der Waals surface area contributed by atoms with Gasteiger partial charge in [-0.15, -0.1) is 0 Å². The second-order valence-electron chi connectivity index (χ2n) is 2.76. The van der Waals surface area contributed by atoms with Crippen LogP contribution in [0.15, 0.2) is 4.47 Å². The third kappa shape index (κ3) is 1.63. The molecule has 1 aromatic carbocycles. The van der Waals surface area contributed by atoms with E-state index in [1.807, 2.05) is 13.8 Å². The fourth-order valence-electron chi connectivity index (χ4n) is 1.07. The van der Waals surface area contributed by atoms with Crippen molar-refractivity contribution in [1.82, 2.24) is 0 Å². The van der Waals surface area contributed by atoms with Gasteiger partial charge < -0.3 is 9.84 Å². The highest BCUT2D eigenvalue weighted by Crippen LogP contribution is 2.44. The Hall–Kier alpha value is -0.410. The molecule has 72 valence electrons. The van der Waals surface area contributed by atoms with E-state index in [9.17, 15) is 5.11 Å². The van der Waals surface area contributed by atoms with Crippen molar-refractivity contribution in [1.29, 1.82) is 0 Å². The van der Waals surface area contributed by atoms with Gasteiger partial charge in [-0.1, -0.05) is 11.6 Å². The predicted octanol–water partition coefficient (Wildman–Crippen LogP) is 3.43. The van der Waals surface area contributed by atoms with Crippen LogP contribution in [0.3, 0.4) is 0 Å². The van der Waals surface area contributed by atoms with Gasteiger partial charge in [-0.25, -0.2) is 0 Å². The predicted molar refractivity (Wildman–Crippen MR) is 56.8 cm³/mol. The first-order valence-electron chi connectivity index (χ1n) is 3.71. The van der Waals surface area contributed by atoms with Crippen LogP contribution < -0.4 is 4.74 Å². The van der Waals surface area contributed by atoms with E-state index in [2.05, 4.69) is 15.9 Å². The van der Waals surface area contributed by atoms with Crippen molar-refractivity contribution in [3.63, 3.8) is 0 Å². The van der Waals surface area contributed by atoms with Crippen LogP contribution in [0.1, 0.15) is 11.1 Å². The van der Waals surface area contributed by atoms with Crippen molar-refractivity contribution in [3.05, 3.63) is 20.6 Å². The second kappa shape index (κ2) is 3.76. The van der Waals surface area contributed by atoms with E-state index >= 15 is 0 Å². The normalized spacial score (nSPS) is 10.2. The van der Waals surface area contributed by atoms with Crippen LogP contribution in [-0.4, -0.2) is 12.2 Å². The summed E-state index contributed by atoms with van der Waals surface area (Å²) in [6.45, 7) is 3.76. The van der Waals surface area contributed by atoms with E-state index in [1.54, 1.807) is 0 Å². The van der Waals surface area contributed by atoms with Crippen LogP contribution in [-0.2, 0) is 0 Å². The number of hydrogen-bond acceptors (Lipinski definition) is 2. The fraction of sp³-hybridized carbons (Fsp3) is 0.333. The van der Waals surface area contributed by atoms with Crippen LogP contribution in [0.25, 0.3) is 0 Å². The zero-order chi connectivity index (χ0) is 10.2. The third-order valence-corrected chi connectivity index (χ3v) is 3.47. The highest BCUT2D eigenvalue weighted by Gasteiger charge is 2.16. The second-order valence-corrected chi connectivity index (χ2v) is 3.93. The Balaban J connectivity index is 3.56. The Morgan fingerprint density at radius 3 is 2.31 bits per heavy atom. The van der Waals surface area contributed by atoms with Crippen molar-refractivity contribution >= 4 is 27.5 Å². The monoisotopic (exact) mass is 264 g/mol. The minimum Gasteiger partial charge on any atom is -0.503 e. The van der Waals surface area contributed by atoms with Gasteiger partial charge in [0, 0.05) is 0 Å². The topological polar surface area (TPSA) is 29.5 Å². The van der Waals surface area contributed by atoms with Crippen molar-refractivity contribution in [2.24, 2.45) is 0 Å². The maximum atomic E-state index is 9.63. The Labute approximate surface area is 90.6 Å². The maximum absolute atomic E-state index is 9.63. The smallest absolute Gasteiger partial charge is 0.180 e. The van der Waals surface area contributed by atoms with Crippen molar-refractivity contribution in [3.8, 4) is 11.5 Å². The zero-order valence-corrected chi connectivity index (χ0v) is 9.95. The lowest BCUT2D eigenvalue weighted by atomic mass is 10.1. The molecule has 4 heteroatoms. The number of aromatic hydroxyl groups is 1. The van der Waals surface area contributed by atoms with Gasteiger partial charge >= 0.3 is 0 Å². The van der Waals surface area contributed by atoms with E-state index in [-0.39, 0.29) is 5.75 Å². The summed E-state index contributed by atoms with van der Waals surface area (Å²) < 4.78 is 5.61. The van der Waals surface area contributed by atoms with E-state index in [0.29, 0.717) is 15.2 Å². The first-order chi connectivity index (χ1) is 6.00. The summed E-state index contributed by atoms with van der Waals surface area (Å²) in [7, 11) is 1.47. The molecule has 1 rings (SSSR count). The van der Waals surface area contributed by atoms with Crippen molar-refractivity contribution in [2.75, 3.05) is 7.11 Å². The molecule has 1 aromatic rings. The van der Waals surface area contributed by atoms with Crippen LogP contribution in [0.5, 0.6) is 11.5 Å². The molecule has 0 saturated heterocycles. The molecule has 1 N–H and O–H groups in total. The quantitative estimate of drug-likeness (QED) is 0.843. The number of halogens is 2. The maximum Gasteiger partial charge on any atom is 0.180 e. The van der Waals surface area contributed by atoms with Gasteiger partial charge in [-0.05, 0) is 40.9 Å². The Kier molecular flexibility index (Phi) is 3.09. The minimum absolute atomic E-state index is 0.0515. The van der Waals surface area contributed by atoms with E-state index in [4.69, 9.17) is 16.3 Å². The zero-order valence-electron chi connectivity index (χ0n) is 7.61. The fourth-order valence-corrected chi connectivity index (χ4v) is 1.85. The SMILES string of the molecule is COc1c(O)c(Br)c(C)c(C)c1Cl. The molecule has 2 nitrogen and oxygen atoms in total. The number of hydrogen-bond donors (Lipinski definition) is 1. The molecule has 0 fully saturated rings. The Morgan fingerprint density at radius 1 is 1.31 bits per heavy atom. The Bertz CT molecular complexity index is 321. The highest BCUT2D eigenvalue weighted by atomic mass is 79.9. The van der Waals surface area contributed by atoms with Gasteiger partial charge in [0.05, 0.1) is 16.6 Å². The van der Waals surface area contributed by atoms with Crippen LogP contribution >= 0.6 is 27.5 Å².